The van der Waals surface area contributed by atoms with E-state index in [0.717, 1.165) is 28.9 Å². The SMILES string of the molecule is CC1(C)C(c2cccs2)=[N+]([O-])[C@]2(CCCCC/C2=N/NC(N)=S)N1O. The van der Waals surface area contributed by atoms with Gasteiger partial charge in [0.1, 0.15) is 11.3 Å². The van der Waals surface area contributed by atoms with E-state index in [-0.39, 0.29) is 5.11 Å². The highest BCUT2D eigenvalue weighted by molar-refractivity contribution is 7.80. The first kappa shape index (κ1) is 18.2. The number of hydrogen-bond donors (Lipinski definition) is 3. The van der Waals surface area contributed by atoms with Crippen molar-refractivity contribution < 1.29 is 9.95 Å². The molecule has 1 aliphatic carbocycles. The average Bonchev–Trinajstić information content (AvgIpc) is 3.02. The molecule has 2 heterocycles. The van der Waals surface area contributed by atoms with Crippen LogP contribution in [-0.4, -0.2) is 42.7 Å². The molecule has 7 nitrogen and oxygen atoms in total. The van der Waals surface area contributed by atoms with E-state index in [4.69, 9.17) is 18.0 Å². The van der Waals surface area contributed by atoms with Gasteiger partial charge in [0, 0.05) is 6.42 Å². The smallest absolute Gasteiger partial charge is 0.292 e. The molecule has 3 rings (SSSR count). The lowest BCUT2D eigenvalue weighted by molar-refractivity contribution is -0.567. The lowest BCUT2D eigenvalue weighted by atomic mass is 9.94. The van der Waals surface area contributed by atoms with Crippen molar-refractivity contribution in [3.05, 3.63) is 27.6 Å². The zero-order valence-electron chi connectivity index (χ0n) is 14.4. The third-order valence-corrected chi connectivity index (χ3v) is 5.92. The van der Waals surface area contributed by atoms with Crippen LogP contribution in [-0.2, 0) is 0 Å². The minimum atomic E-state index is -1.24. The summed E-state index contributed by atoms with van der Waals surface area (Å²) in [5.74, 6) is 0. The highest BCUT2D eigenvalue weighted by atomic mass is 32.1. The van der Waals surface area contributed by atoms with Crippen LogP contribution in [0.25, 0.3) is 0 Å². The molecule has 0 aromatic carbocycles. The van der Waals surface area contributed by atoms with Gasteiger partial charge in [-0.25, -0.2) is 0 Å². The number of hydrazone groups is 1. The topological polar surface area (TPSA) is 100.0 Å². The van der Waals surface area contributed by atoms with Gasteiger partial charge in [-0.1, -0.05) is 12.5 Å². The van der Waals surface area contributed by atoms with Crippen molar-refractivity contribution in [1.82, 2.24) is 10.5 Å². The fraction of sp³-hybridized carbons (Fsp3) is 0.562. The van der Waals surface area contributed by atoms with Gasteiger partial charge in [-0.2, -0.15) is 9.84 Å². The van der Waals surface area contributed by atoms with Crippen LogP contribution >= 0.6 is 23.6 Å². The quantitative estimate of drug-likeness (QED) is 0.315. The molecule has 1 saturated carbocycles. The van der Waals surface area contributed by atoms with E-state index in [1.54, 1.807) is 0 Å². The first-order valence-corrected chi connectivity index (χ1v) is 9.61. The van der Waals surface area contributed by atoms with Gasteiger partial charge in [0.2, 0.25) is 5.71 Å². The summed E-state index contributed by atoms with van der Waals surface area (Å²) in [7, 11) is 0. The van der Waals surface area contributed by atoms with Gasteiger partial charge in [-0.15, -0.1) is 16.4 Å². The summed E-state index contributed by atoms with van der Waals surface area (Å²) in [6.07, 6.45) is 3.79. The minimum absolute atomic E-state index is 0.0357. The molecule has 1 atom stereocenters. The van der Waals surface area contributed by atoms with Crippen LogP contribution < -0.4 is 11.2 Å². The number of thiocarbonyl (C=S) groups is 1. The van der Waals surface area contributed by atoms with Crippen molar-refractivity contribution in [2.45, 2.75) is 57.2 Å². The van der Waals surface area contributed by atoms with Gasteiger partial charge in [-0.3, -0.25) is 5.43 Å². The van der Waals surface area contributed by atoms with Crippen LogP contribution in [0.5, 0.6) is 0 Å². The first-order chi connectivity index (χ1) is 11.8. The predicted molar refractivity (Wildman–Crippen MR) is 103 cm³/mol. The maximum atomic E-state index is 13.5. The number of nitrogens with two attached hydrogens (primary N) is 1. The number of hydrogen-bond acceptors (Lipinski definition) is 6. The molecule has 0 saturated heterocycles. The Kier molecular flexibility index (Phi) is 4.84. The Morgan fingerprint density at radius 1 is 1.48 bits per heavy atom. The molecule has 25 heavy (non-hydrogen) atoms. The van der Waals surface area contributed by atoms with Gasteiger partial charge in [0.15, 0.2) is 5.11 Å². The largest absolute Gasteiger partial charge is 0.622 e. The summed E-state index contributed by atoms with van der Waals surface area (Å²) in [5.41, 5.74) is 7.13. The number of rotatable bonds is 2. The van der Waals surface area contributed by atoms with E-state index in [1.807, 2.05) is 31.4 Å². The second kappa shape index (κ2) is 6.64. The molecule has 0 amide bonds. The zero-order chi connectivity index (χ0) is 18.2. The van der Waals surface area contributed by atoms with Gasteiger partial charge < -0.3 is 16.1 Å². The van der Waals surface area contributed by atoms with E-state index >= 15 is 0 Å². The second-order valence-corrected chi connectivity index (χ2v) is 8.29. The maximum absolute atomic E-state index is 13.5. The summed E-state index contributed by atoms with van der Waals surface area (Å²) < 4.78 is 0.949. The van der Waals surface area contributed by atoms with E-state index in [0.29, 0.717) is 24.3 Å². The molecule has 0 unspecified atom stereocenters. The monoisotopic (exact) mass is 381 g/mol. The van der Waals surface area contributed by atoms with E-state index in [2.05, 4.69) is 10.5 Å². The average molecular weight is 382 g/mol. The van der Waals surface area contributed by atoms with Crippen LogP contribution in [0, 0.1) is 5.21 Å². The van der Waals surface area contributed by atoms with Crippen LogP contribution in [0.15, 0.2) is 22.6 Å². The molecule has 1 aromatic rings. The Balaban J connectivity index is 2.19. The zero-order valence-corrected chi connectivity index (χ0v) is 16.0. The molecule has 1 fully saturated rings. The predicted octanol–water partition coefficient (Wildman–Crippen LogP) is 2.38. The molecule has 0 radical (unpaired) electrons. The number of hydroxylamine groups is 3. The molecule has 1 spiro atoms. The Bertz CT molecular complexity index is 729. The van der Waals surface area contributed by atoms with Gasteiger partial charge in [0.05, 0.1) is 4.88 Å². The van der Waals surface area contributed by atoms with Crippen LogP contribution in [0.1, 0.15) is 50.8 Å². The third-order valence-electron chi connectivity index (χ3n) is 4.96. The molecule has 1 aliphatic heterocycles. The van der Waals surface area contributed by atoms with Gasteiger partial charge in [0.25, 0.3) is 5.66 Å². The van der Waals surface area contributed by atoms with Gasteiger partial charge in [-0.05, 0) is 56.8 Å². The Hall–Kier alpha value is -1.55. The molecule has 136 valence electrons. The third kappa shape index (κ3) is 2.84. The van der Waals surface area contributed by atoms with Crippen molar-refractivity contribution in [2.75, 3.05) is 0 Å². The van der Waals surface area contributed by atoms with Crippen molar-refractivity contribution in [1.29, 1.82) is 0 Å². The van der Waals surface area contributed by atoms with Gasteiger partial charge >= 0.3 is 0 Å². The van der Waals surface area contributed by atoms with Crippen LogP contribution in [0.2, 0.25) is 0 Å². The summed E-state index contributed by atoms with van der Waals surface area (Å²) >= 11 is 6.33. The molecule has 0 bridgehead atoms. The van der Waals surface area contributed by atoms with Crippen LogP contribution in [0.4, 0.5) is 0 Å². The van der Waals surface area contributed by atoms with Crippen molar-refractivity contribution in [3.63, 3.8) is 0 Å². The standard InChI is InChI=1S/C16H23N5O2S2/c1-15(2)13(11-7-6-10-25-11)20(22)16(21(15)23)9-5-3-4-8-12(16)18-19-14(17)24/h6-7,10,23H,3-5,8-9H2,1-2H3,(H3,17,19,24)/b18-12-/t16-/m1/s1. The number of thiophene rings is 1. The van der Waals surface area contributed by atoms with Crippen molar-refractivity contribution in [2.24, 2.45) is 10.8 Å². The maximum Gasteiger partial charge on any atom is 0.292 e. The lowest BCUT2D eigenvalue weighted by Crippen LogP contribution is -2.59. The first-order valence-electron chi connectivity index (χ1n) is 8.32. The lowest BCUT2D eigenvalue weighted by Gasteiger charge is -2.35. The number of nitrogens with zero attached hydrogens (tertiary/aromatic N) is 3. The highest BCUT2D eigenvalue weighted by Gasteiger charge is 2.65. The minimum Gasteiger partial charge on any atom is -0.622 e. The summed E-state index contributed by atoms with van der Waals surface area (Å²) in [6, 6.07) is 3.81. The molecule has 4 N–H and O–H groups in total. The van der Waals surface area contributed by atoms with E-state index in [9.17, 15) is 10.4 Å². The summed E-state index contributed by atoms with van der Waals surface area (Å²) in [4.78, 5) is 0.849. The Morgan fingerprint density at radius 2 is 2.24 bits per heavy atom. The highest BCUT2D eigenvalue weighted by Crippen LogP contribution is 2.42. The summed E-state index contributed by atoms with van der Waals surface area (Å²) in [6.45, 7) is 3.70. The normalized spacial score (nSPS) is 28.5. The molecule has 9 heteroatoms. The van der Waals surface area contributed by atoms with Crippen LogP contribution in [0.3, 0.4) is 0 Å². The van der Waals surface area contributed by atoms with E-state index < -0.39 is 11.2 Å². The number of nitrogens with one attached hydrogen (secondary N) is 1. The Morgan fingerprint density at radius 3 is 2.88 bits per heavy atom. The van der Waals surface area contributed by atoms with Crippen molar-refractivity contribution >= 4 is 40.1 Å². The van der Waals surface area contributed by atoms with Crippen molar-refractivity contribution in [3.8, 4) is 0 Å². The second-order valence-electron chi connectivity index (χ2n) is 6.90. The summed E-state index contributed by atoms with van der Waals surface area (Å²) in [5, 5.41) is 32.1. The Labute approximate surface area is 156 Å². The fourth-order valence-electron chi connectivity index (χ4n) is 3.80. The molecular formula is C16H23N5O2S2. The molecular weight excluding hydrogens is 358 g/mol. The fourth-order valence-corrected chi connectivity index (χ4v) is 4.75. The van der Waals surface area contributed by atoms with E-state index in [1.165, 1.54) is 16.4 Å². The molecule has 1 aromatic heterocycles. The molecule has 2 aliphatic rings.